The average molecular weight is 462 g/mol. The molecule has 4 rings (SSSR count). The molecule has 0 fully saturated rings. The minimum absolute atomic E-state index is 0. The van der Waals surface area contributed by atoms with Crippen molar-refractivity contribution < 1.29 is 72.2 Å². The molecule has 0 heterocycles. The maximum absolute atomic E-state index is 9.58. The molecule has 0 aliphatic carbocycles. The van der Waals surface area contributed by atoms with Crippen LogP contribution in [0.15, 0.2) is 97.1 Å². The number of hydrogen-bond donors (Lipinski definition) is 4. The number of benzene rings is 4. The summed E-state index contributed by atoms with van der Waals surface area (Å²) in [6.07, 6.45) is 0. The summed E-state index contributed by atoms with van der Waals surface area (Å²) in [6, 6.07) is 27.7. The zero-order valence-electron chi connectivity index (χ0n) is 18.8. The van der Waals surface area contributed by atoms with Crippen molar-refractivity contribution in [1.29, 1.82) is 0 Å². The summed E-state index contributed by atoms with van der Waals surface area (Å²) in [5.41, 5.74) is 2.58. The van der Waals surface area contributed by atoms with E-state index in [0.717, 1.165) is 0 Å². The summed E-state index contributed by atoms with van der Waals surface area (Å²) in [5.74, 6) is 0.700. The summed E-state index contributed by atoms with van der Waals surface area (Å²) >= 11 is 0. The van der Waals surface area contributed by atoms with Crippen molar-refractivity contribution >= 4 is 9.17 Å². The SMILES string of the molecule is O=[Si]([O-])[O-].Oc1ccccc1-c1ccccc1O.Oc1ccccc1-c1ccccc1O.[Li+].[Li+]. The second-order valence-electron chi connectivity index (χ2n) is 6.32. The Morgan fingerprint density at radius 1 is 0.441 bits per heavy atom. The molecular formula is C24H20Li2O7Si. The van der Waals surface area contributed by atoms with Crippen molar-refractivity contribution in [3.8, 4) is 45.3 Å². The standard InChI is InChI=1S/2C12H10O2.2Li.O3Si/c2*13-11-7-3-1-5-9(11)10-6-2-4-8-12(10)14;;;1-4(2)3/h2*1-8,13-14H;;;/q;;2*+1;-2. The van der Waals surface area contributed by atoms with Gasteiger partial charge in [-0.25, -0.2) is 0 Å². The van der Waals surface area contributed by atoms with Crippen LogP contribution in [0.3, 0.4) is 0 Å². The molecule has 0 bridgehead atoms. The van der Waals surface area contributed by atoms with Crippen LogP contribution in [0.4, 0.5) is 0 Å². The second kappa shape index (κ2) is 15.7. The van der Waals surface area contributed by atoms with Crippen molar-refractivity contribution in [2.75, 3.05) is 0 Å². The molecule has 164 valence electrons. The largest absolute Gasteiger partial charge is 1.00 e. The fourth-order valence-corrected chi connectivity index (χ4v) is 2.81. The molecule has 0 unspecified atom stereocenters. The van der Waals surface area contributed by atoms with Gasteiger partial charge in [-0.2, -0.15) is 0 Å². The monoisotopic (exact) mass is 462 g/mol. The molecule has 4 aromatic carbocycles. The zero-order chi connectivity index (χ0) is 23.5. The van der Waals surface area contributed by atoms with Gasteiger partial charge in [0.2, 0.25) is 0 Å². The molecule has 0 amide bonds. The van der Waals surface area contributed by atoms with Crippen LogP contribution >= 0.6 is 0 Å². The predicted molar refractivity (Wildman–Crippen MR) is 117 cm³/mol. The van der Waals surface area contributed by atoms with E-state index in [4.69, 9.17) is 14.1 Å². The fraction of sp³-hybridized carbons (Fsp3) is 0. The van der Waals surface area contributed by atoms with Crippen molar-refractivity contribution in [1.82, 2.24) is 0 Å². The van der Waals surface area contributed by atoms with E-state index in [1.165, 1.54) is 0 Å². The number of hydrogen-bond acceptors (Lipinski definition) is 7. The summed E-state index contributed by atoms with van der Waals surface area (Å²) in [4.78, 5) is 17.0. The molecule has 4 aromatic rings. The second-order valence-corrected chi connectivity index (χ2v) is 6.82. The third-order valence-corrected chi connectivity index (χ3v) is 4.20. The van der Waals surface area contributed by atoms with Crippen LogP contribution in [0.1, 0.15) is 0 Å². The molecule has 0 radical (unpaired) electrons. The first-order valence-electron chi connectivity index (χ1n) is 9.32. The maximum Gasteiger partial charge on any atom is 1.00 e. The Morgan fingerprint density at radius 2 is 0.588 bits per heavy atom. The summed E-state index contributed by atoms with van der Waals surface area (Å²) in [6.45, 7) is 0. The average Bonchev–Trinajstić information content (AvgIpc) is 2.76. The third-order valence-electron chi connectivity index (χ3n) is 4.20. The summed E-state index contributed by atoms with van der Waals surface area (Å²) in [5, 5.41) is 38.3. The first-order chi connectivity index (χ1) is 15.3. The van der Waals surface area contributed by atoms with Crippen molar-refractivity contribution in [2.24, 2.45) is 0 Å². The first kappa shape index (κ1) is 30.9. The Morgan fingerprint density at radius 3 is 0.735 bits per heavy atom. The number of aromatic hydroxyl groups is 4. The Balaban J connectivity index is 0.000000528. The molecule has 0 saturated heterocycles. The fourth-order valence-electron chi connectivity index (χ4n) is 2.81. The number of phenols is 4. The van der Waals surface area contributed by atoms with Gasteiger partial charge in [0.25, 0.3) is 0 Å². The Kier molecular flexibility index (Phi) is 14.2. The van der Waals surface area contributed by atoms with Crippen LogP contribution in [0.25, 0.3) is 22.3 Å². The summed E-state index contributed by atoms with van der Waals surface area (Å²) in [7, 11) is -3.63. The normalized spacial score (nSPS) is 8.94. The van der Waals surface area contributed by atoms with Crippen molar-refractivity contribution in [2.45, 2.75) is 0 Å². The molecular weight excluding hydrogens is 442 g/mol. The minimum Gasteiger partial charge on any atom is -0.672 e. The van der Waals surface area contributed by atoms with Crippen molar-refractivity contribution in [3.63, 3.8) is 0 Å². The van der Waals surface area contributed by atoms with E-state index in [1.54, 1.807) is 72.8 Å². The molecule has 7 nitrogen and oxygen atoms in total. The van der Waals surface area contributed by atoms with Gasteiger partial charge in [0.1, 0.15) is 23.0 Å². The van der Waals surface area contributed by atoms with Crippen LogP contribution in [0.5, 0.6) is 23.0 Å². The van der Waals surface area contributed by atoms with E-state index < -0.39 is 9.17 Å². The molecule has 0 aromatic heterocycles. The smallest absolute Gasteiger partial charge is 0.672 e. The van der Waals surface area contributed by atoms with Gasteiger partial charge in [-0.15, -0.1) is 0 Å². The first-order valence-corrected chi connectivity index (χ1v) is 10.5. The number of para-hydroxylation sites is 4. The molecule has 0 saturated carbocycles. The van der Waals surface area contributed by atoms with E-state index in [-0.39, 0.29) is 60.7 Å². The van der Waals surface area contributed by atoms with Crippen LogP contribution in [0.2, 0.25) is 0 Å². The Labute approximate surface area is 222 Å². The van der Waals surface area contributed by atoms with E-state index in [9.17, 15) is 20.4 Å². The van der Waals surface area contributed by atoms with Crippen molar-refractivity contribution in [3.05, 3.63) is 97.1 Å². The van der Waals surface area contributed by atoms with Gasteiger partial charge in [0.05, 0.1) is 0 Å². The van der Waals surface area contributed by atoms with Gasteiger partial charge in [-0.1, -0.05) is 72.8 Å². The van der Waals surface area contributed by atoms with Crippen LogP contribution < -0.4 is 47.3 Å². The van der Waals surface area contributed by atoms with Crippen LogP contribution in [-0.4, -0.2) is 29.6 Å². The van der Waals surface area contributed by atoms with Gasteiger partial charge in [0.15, 0.2) is 0 Å². The molecule has 0 atom stereocenters. The number of phenolic OH excluding ortho intramolecular Hbond substituents is 4. The Hall–Kier alpha value is -3.11. The van der Waals surface area contributed by atoms with E-state index in [1.807, 2.05) is 24.3 Å². The zero-order valence-corrected chi connectivity index (χ0v) is 19.8. The minimum atomic E-state index is -3.63. The van der Waals surface area contributed by atoms with E-state index >= 15 is 0 Å². The number of rotatable bonds is 2. The summed E-state index contributed by atoms with van der Waals surface area (Å²) < 4.78 is 8.52. The third kappa shape index (κ3) is 9.40. The molecule has 0 aliphatic rings. The van der Waals surface area contributed by atoms with E-state index in [0.29, 0.717) is 22.3 Å². The predicted octanol–water partition coefficient (Wildman–Crippen LogP) is -3.34. The van der Waals surface area contributed by atoms with Crippen LogP contribution in [0, 0.1) is 0 Å². The quantitative estimate of drug-likeness (QED) is 0.228. The van der Waals surface area contributed by atoms with E-state index in [2.05, 4.69) is 0 Å². The van der Waals surface area contributed by atoms with Gasteiger partial charge in [0, 0.05) is 31.4 Å². The van der Waals surface area contributed by atoms with Gasteiger partial charge in [-0.05, 0) is 24.3 Å². The van der Waals surface area contributed by atoms with Gasteiger partial charge in [-0.3, -0.25) is 0 Å². The molecule has 34 heavy (non-hydrogen) atoms. The maximum atomic E-state index is 9.58. The van der Waals surface area contributed by atoms with Gasteiger partial charge < -0.3 is 34.5 Å². The Bertz CT molecular complexity index is 1010. The molecule has 0 spiro atoms. The topological polar surface area (TPSA) is 144 Å². The molecule has 0 aliphatic heterocycles. The molecule has 10 heteroatoms. The molecule has 4 N–H and O–H groups in total. The van der Waals surface area contributed by atoms with Crippen LogP contribution in [-0.2, 0) is 4.46 Å². The van der Waals surface area contributed by atoms with Gasteiger partial charge >= 0.3 is 37.7 Å².